The van der Waals surface area contributed by atoms with Gasteiger partial charge in [0.25, 0.3) is 0 Å². The van der Waals surface area contributed by atoms with E-state index in [1.54, 1.807) is 0 Å². The van der Waals surface area contributed by atoms with E-state index in [0.717, 1.165) is 38.5 Å². The minimum Gasteiger partial charge on any atom is -0.480 e. The summed E-state index contributed by atoms with van der Waals surface area (Å²) in [5, 5.41) is 12.0. The molecule has 0 spiro atoms. The third-order valence-electron chi connectivity index (χ3n) is 4.53. The fourth-order valence-electron chi connectivity index (χ4n) is 3.36. The van der Waals surface area contributed by atoms with Crippen LogP contribution >= 0.6 is 0 Å². The standard InChI is InChI=1S/C15H23NO4/c17-12-8-4-7-11(9-12)13(15(19)20)16-14(18)10-5-2-1-3-6-10/h10-11,13H,1-9H2,(H,16,18)(H,19,20)/t11-,13+/m1/s1. The highest BCUT2D eigenvalue weighted by Gasteiger charge is 2.34. The Morgan fingerprint density at radius 1 is 1.10 bits per heavy atom. The molecule has 0 aliphatic heterocycles. The average molecular weight is 281 g/mol. The van der Waals surface area contributed by atoms with Gasteiger partial charge < -0.3 is 10.4 Å². The summed E-state index contributed by atoms with van der Waals surface area (Å²) in [5.74, 6) is -1.35. The molecule has 0 unspecified atom stereocenters. The Bertz CT molecular complexity index is 387. The number of aliphatic carboxylic acids is 1. The number of ketones is 1. The highest BCUT2D eigenvalue weighted by Crippen LogP contribution is 2.27. The summed E-state index contributed by atoms with van der Waals surface area (Å²) in [5.41, 5.74) is 0. The van der Waals surface area contributed by atoms with E-state index in [2.05, 4.69) is 5.32 Å². The summed E-state index contributed by atoms with van der Waals surface area (Å²) in [6.07, 6.45) is 7.18. The molecule has 1 amide bonds. The predicted molar refractivity (Wildman–Crippen MR) is 73.1 cm³/mol. The van der Waals surface area contributed by atoms with Crippen LogP contribution in [0.5, 0.6) is 0 Å². The molecule has 0 aromatic heterocycles. The molecular weight excluding hydrogens is 258 g/mol. The zero-order valence-electron chi connectivity index (χ0n) is 11.8. The van der Waals surface area contributed by atoms with Crippen molar-refractivity contribution < 1.29 is 19.5 Å². The number of Topliss-reactive ketones (excluding diaryl/α,β-unsaturated/α-hetero) is 1. The Morgan fingerprint density at radius 3 is 2.40 bits per heavy atom. The molecule has 0 heterocycles. The summed E-state index contributed by atoms with van der Waals surface area (Å²) < 4.78 is 0. The maximum atomic E-state index is 12.2. The molecule has 2 saturated carbocycles. The number of carboxylic acid groups (broad SMARTS) is 1. The number of carbonyl (C=O) groups is 3. The van der Waals surface area contributed by atoms with Gasteiger partial charge >= 0.3 is 5.97 Å². The van der Waals surface area contributed by atoms with Crippen LogP contribution in [0.3, 0.4) is 0 Å². The molecule has 2 rings (SSSR count). The molecule has 2 N–H and O–H groups in total. The first-order valence-electron chi connectivity index (χ1n) is 7.63. The lowest BCUT2D eigenvalue weighted by atomic mass is 9.82. The number of rotatable bonds is 4. The van der Waals surface area contributed by atoms with Gasteiger partial charge in [-0.25, -0.2) is 4.79 Å². The van der Waals surface area contributed by atoms with Gasteiger partial charge in [0.2, 0.25) is 5.91 Å². The highest BCUT2D eigenvalue weighted by atomic mass is 16.4. The first-order valence-corrected chi connectivity index (χ1v) is 7.63. The zero-order valence-corrected chi connectivity index (χ0v) is 11.8. The van der Waals surface area contributed by atoms with E-state index in [-0.39, 0.29) is 29.9 Å². The van der Waals surface area contributed by atoms with E-state index in [9.17, 15) is 19.5 Å². The van der Waals surface area contributed by atoms with Crippen LogP contribution < -0.4 is 5.32 Å². The Morgan fingerprint density at radius 2 is 1.80 bits per heavy atom. The molecule has 0 radical (unpaired) electrons. The topological polar surface area (TPSA) is 83.5 Å². The molecule has 2 aliphatic carbocycles. The molecule has 0 saturated heterocycles. The first kappa shape index (κ1) is 15.0. The number of nitrogens with one attached hydrogen (secondary N) is 1. The number of amides is 1. The van der Waals surface area contributed by atoms with Crippen LogP contribution in [0.15, 0.2) is 0 Å². The van der Waals surface area contributed by atoms with Crippen molar-refractivity contribution in [1.29, 1.82) is 0 Å². The van der Waals surface area contributed by atoms with E-state index in [1.165, 1.54) is 0 Å². The number of hydrogen-bond acceptors (Lipinski definition) is 3. The van der Waals surface area contributed by atoms with Crippen molar-refractivity contribution in [1.82, 2.24) is 5.32 Å². The van der Waals surface area contributed by atoms with Gasteiger partial charge in [-0.05, 0) is 31.6 Å². The van der Waals surface area contributed by atoms with Crippen molar-refractivity contribution in [3.63, 3.8) is 0 Å². The van der Waals surface area contributed by atoms with E-state index in [4.69, 9.17) is 0 Å². The van der Waals surface area contributed by atoms with Crippen LogP contribution in [0.4, 0.5) is 0 Å². The maximum absolute atomic E-state index is 12.2. The zero-order chi connectivity index (χ0) is 14.5. The lowest BCUT2D eigenvalue weighted by molar-refractivity contribution is -0.145. The predicted octanol–water partition coefficient (Wildman–Crippen LogP) is 1.90. The van der Waals surface area contributed by atoms with E-state index >= 15 is 0 Å². The second-order valence-corrected chi connectivity index (χ2v) is 6.05. The fraction of sp³-hybridized carbons (Fsp3) is 0.800. The number of hydrogen-bond donors (Lipinski definition) is 2. The molecular formula is C15H23NO4. The lowest BCUT2D eigenvalue weighted by Crippen LogP contribution is -2.49. The molecule has 0 aromatic rings. The molecule has 2 atom stereocenters. The van der Waals surface area contributed by atoms with Crippen LogP contribution in [-0.2, 0) is 14.4 Å². The monoisotopic (exact) mass is 281 g/mol. The van der Waals surface area contributed by atoms with Crippen molar-refractivity contribution in [3.8, 4) is 0 Å². The van der Waals surface area contributed by atoms with Crippen LogP contribution in [-0.4, -0.2) is 28.8 Å². The summed E-state index contributed by atoms with van der Waals surface area (Å²) in [7, 11) is 0. The molecule has 0 aromatic carbocycles. The van der Waals surface area contributed by atoms with Crippen LogP contribution in [0.25, 0.3) is 0 Å². The average Bonchev–Trinajstić information content (AvgIpc) is 2.45. The smallest absolute Gasteiger partial charge is 0.326 e. The first-order chi connectivity index (χ1) is 9.58. The number of carboxylic acids is 1. The number of carbonyl (C=O) groups excluding carboxylic acids is 2. The maximum Gasteiger partial charge on any atom is 0.326 e. The van der Waals surface area contributed by atoms with Gasteiger partial charge in [-0.1, -0.05) is 19.3 Å². The second-order valence-electron chi connectivity index (χ2n) is 6.05. The van der Waals surface area contributed by atoms with Gasteiger partial charge in [0, 0.05) is 18.8 Å². The Labute approximate surface area is 119 Å². The lowest BCUT2D eigenvalue weighted by Gasteiger charge is -2.29. The van der Waals surface area contributed by atoms with E-state index in [1.807, 2.05) is 0 Å². The Hall–Kier alpha value is -1.39. The van der Waals surface area contributed by atoms with Crippen molar-refractivity contribution in [2.75, 3.05) is 0 Å². The van der Waals surface area contributed by atoms with Crippen molar-refractivity contribution in [3.05, 3.63) is 0 Å². The molecule has 0 bridgehead atoms. The van der Waals surface area contributed by atoms with Gasteiger partial charge in [0.05, 0.1) is 0 Å². The quantitative estimate of drug-likeness (QED) is 0.824. The molecule has 20 heavy (non-hydrogen) atoms. The molecule has 112 valence electrons. The van der Waals surface area contributed by atoms with Crippen LogP contribution in [0.2, 0.25) is 0 Å². The fourth-order valence-corrected chi connectivity index (χ4v) is 3.36. The highest BCUT2D eigenvalue weighted by molar-refractivity contribution is 5.86. The Kier molecular flexibility index (Phi) is 5.15. The van der Waals surface area contributed by atoms with Gasteiger partial charge in [-0.3, -0.25) is 9.59 Å². The summed E-state index contributed by atoms with van der Waals surface area (Å²) in [4.78, 5) is 35.1. The third kappa shape index (κ3) is 3.81. The Balaban J connectivity index is 1.96. The molecule has 5 heteroatoms. The van der Waals surface area contributed by atoms with Gasteiger partial charge in [-0.2, -0.15) is 0 Å². The van der Waals surface area contributed by atoms with Crippen LogP contribution in [0, 0.1) is 11.8 Å². The van der Waals surface area contributed by atoms with E-state index in [0.29, 0.717) is 12.8 Å². The normalized spacial score (nSPS) is 26.0. The van der Waals surface area contributed by atoms with Crippen molar-refractivity contribution >= 4 is 17.7 Å². The molecule has 2 aliphatic rings. The molecule has 5 nitrogen and oxygen atoms in total. The summed E-state index contributed by atoms with van der Waals surface area (Å²) in [6, 6.07) is -0.909. The van der Waals surface area contributed by atoms with Gasteiger partial charge in [0.15, 0.2) is 0 Å². The minimum atomic E-state index is -1.02. The van der Waals surface area contributed by atoms with Crippen LogP contribution in [0.1, 0.15) is 57.8 Å². The second kappa shape index (κ2) is 6.86. The molecule has 2 fully saturated rings. The summed E-state index contributed by atoms with van der Waals surface area (Å²) in [6.45, 7) is 0. The largest absolute Gasteiger partial charge is 0.480 e. The van der Waals surface area contributed by atoms with Crippen molar-refractivity contribution in [2.24, 2.45) is 11.8 Å². The summed E-state index contributed by atoms with van der Waals surface area (Å²) >= 11 is 0. The van der Waals surface area contributed by atoms with E-state index < -0.39 is 12.0 Å². The third-order valence-corrected chi connectivity index (χ3v) is 4.53. The van der Waals surface area contributed by atoms with Gasteiger partial charge in [-0.15, -0.1) is 0 Å². The minimum absolute atomic E-state index is 0.0510. The van der Waals surface area contributed by atoms with Gasteiger partial charge in [0.1, 0.15) is 11.8 Å². The van der Waals surface area contributed by atoms with Crippen molar-refractivity contribution in [2.45, 2.75) is 63.8 Å². The SMILES string of the molecule is O=C1CCC[C@@H]([C@H](NC(=O)C2CCCCC2)C(=O)O)C1.